The Bertz CT molecular complexity index is 1060. The van der Waals surface area contributed by atoms with E-state index in [0.29, 0.717) is 29.3 Å². The molecule has 2 N–H and O–H groups in total. The van der Waals surface area contributed by atoms with E-state index in [9.17, 15) is 14.0 Å². The summed E-state index contributed by atoms with van der Waals surface area (Å²) in [6.45, 7) is 2.34. The minimum absolute atomic E-state index is 0.209. The lowest BCUT2D eigenvalue weighted by molar-refractivity contribution is 0.102. The van der Waals surface area contributed by atoms with Crippen LogP contribution < -0.4 is 20.9 Å². The number of carbonyl (C=O) groups is 1. The maximum Gasteiger partial charge on any atom is 0.257 e. The number of nitrogens with zero attached hydrogens (tertiary/aromatic N) is 1. The van der Waals surface area contributed by atoms with E-state index in [1.807, 2.05) is 6.92 Å². The van der Waals surface area contributed by atoms with Crippen LogP contribution >= 0.6 is 0 Å². The topological polar surface area (TPSA) is 72.4 Å². The van der Waals surface area contributed by atoms with E-state index in [2.05, 4.69) is 10.6 Å². The lowest BCUT2D eigenvalue weighted by Crippen LogP contribution is -2.19. The van der Waals surface area contributed by atoms with Gasteiger partial charge in [0.15, 0.2) is 0 Å². The molecular formula is C21H20FN3O3. The van der Waals surface area contributed by atoms with Crippen molar-refractivity contribution in [2.45, 2.75) is 6.92 Å². The first-order chi connectivity index (χ1) is 13.5. The standard InChI is InChI=1S/C21H20FN3O3/c1-3-28-15-9-10-18(19(12-15)23-17-7-5-4-6-16(17)22)24-21(27)14-8-11-20(26)25(2)13-14/h4-13,23H,3H2,1-2H3,(H,24,27). The molecular weight excluding hydrogens is 361 g/mol. The number of nitrogens with one attached hydrogen (secondary N) is 2. The number of para-hydroxylation sites is 1. The van der Waals surface area contributed by atoms with Gasteiger partial charge >= 0.3 is 0 Å². The van der Waals surface area contributed by atoms with E-state index >= 15 is 0 Å². The zero-order chi connectivity index (χ0) is 20.1. The van der Waals surface area contributed by atoms with Gasteiger partial charge in [0.2, 0.25) is 5.56 Å². The van der Waals surface area contributed by atoms with Crippen LogP contribution in [0.2, 0.25) is 0 Å². The maximum absolute atomic E-state index is 14.1. The highest BCUT2D eigenvalue weighted by Crippen LogP contribution is 2.31. The first-order valence-electron chi connectivity index (χ1n) is 8.74. The molecule has 3 rings (SSSR count). The second kappa shape index (κ2) is 8.39. The second-order valence-corrected chi connectivity index (χ2v) is 6.07. The van der Waals surface area contributed by atoms with E-state index in [0.717, 1.165) is 0 Å². The van der Waals surface area contributed by atoms with E-state index in [-0.39, 0.29) is 11.2 Å². The summed E-state index contributed by atoms with van der Waals surface area (Å²) in [5.41, 5.74) is 1.32. The smallest absolute Gasteiger partial charge is 0.257 e. The molecule has 1 aromatic heterocycles. The van der Waals surface area contributed by atoms with Crippen molar-refractivity contribution in [1.29, 1.82) is 0 Å². The molecule has 0 spiro atoms. The average Bonchev–Trinajstić information content (AvgIpc) is 2.68. The Morgan fingerprint density at radius 2 is 1.86 bits per heavy atom. The summed E-state index contributed by atoms with van der Waals surface area (Å²) in [5, 5.41) is 5.78. The SMILES string of the molecule is CCOc1ccc(NC(=O)c2ccc(=O)n(C)c2)c(Nc2ccccc2F)c1. The molecule has 0 radical (unpaired) electrons. The Kier molecular flexibility index (Phi) is 5.74. The number of hydrogen-bond acceptors (Lipinski definition) is 4. The zero-order valence-electron chi connectivity index (χ0n) is 15.5. The van der Waals surface area contributed by atoms with Gasteiger partial charge < -0.3 is 19.9 Å². The van der Waals surface area contributed by atoms with Crippen molar-refractivity contribution < 1.29 is 13.9 Å². The third-order valence-electron chi connectivity index (χ3n) is 4.04. The molecule has 0 aliphatic carbocycles. The molecule has 1 amide bonds. The number of pyridine rings is 1. The quantitative estimate of drug-likeness (QED) is 0.679. The molecule has 28 heavy (non-hydrogen) atoms. The van der Waals surface area contributed by atoms with E-state index < -0.39 is 11.7 Å². The molecule has 0 saturated heterocycles. The number of anilines is 3. The largest absolute Gasteiger partial charge is 0.494 e. The number of aromatic nitrogens is 1. The first kappa shape index (κ1) is 19.2. The number of hydrogen-bond donors (Lipinski definition) is 2. The molecule has 0 aliphatic rings. The van der Waals surface area contributed by atoms with Gasteiger partial charge in [-0.1, -0.05) is 12.1 Å². The summed E-state index contributed by atoms with van der Waals surface area (Å²) in [6.07, 6.45) is 1.45. The van der Waals surface area contributed by atoms with Gasteiger partial charge in [-0.15, -0.1) is 0 Å². The fraction of sp³-hybridized carbons (Fsp3) is 0.143. The zero-order valence-corrected chi connectivity index (χ0v) is 15.5. The van der Waals surface area contributed by atoms with Crippen LogP contribution in [0.5, 0.6) is 5.75 Å². The lowest BCUT2D eigenvalue weighted by Gasteiger charge is -2.15. The summed E-state index contributed by atoms with van der Waals surface area (Å²) in [5.74, 6) is -0.225. The van der Waals surface area contributed by atoms with Crippen molar-refractivity contribution in [2.24, 2.45) is 7.05 Å². The molecule has 3 aromatic rings. The minimum Gasteiger partial charge on any atom is -0.494 e. The third kappa shape index (κ3) is 4.37. The predicted molar refractivity (Wildman–Crippen MR) is 107 cm³/mol. The monoisotopic (exact) mass is 381 g/mol. The Labute approximate surface area is 161 Å². The highest BCUT2D eigenvalue weighted by Gasteiger charge is 2.13. The van der Waals surface area contributed by atoms with Crippen LogP contribution in [-0.2, 0) is 7.05 Å². The molecule has 7 heteroatoms. The molecule has 1 heterocycles. The van der Waals surface area contributed by atoms with Gasteiger partial charge in [-0.2, -0.15) is 0 Å². The molecule has 144 valence electrons. The third-order valence-corrected chi connectivity index (χ3v) is 4.04. The van der Waals surface area contributed by atoms with Crippen LogP contribution in [-0.4, -0.2) is 17.1 Å². The minimum atomic E-state index is -0.417. The predicted octanol–water partition coefficient (Wildman–Crippen LogP) is 3.92. The molecule has 0 aliphatic heterocycles. The van der Waals surface area contributed by atoms with Gasteiger partial charge in [-0.3, -0.25) is 9.59 Å². The number of carbonyl (C=O) groups excluding carboxylic acids is 1. The second-order valence-electron chi connectivity index (χ2n) is 6.07. The Morgan fingerprint density at radius 1 is 1.07 bits per heavy atom. The van der Waals surface area contributed by atoms with E-state index in [1.54, 1.807) is 43.4 Å². The van der Waals surface area contributed by atoms with Crippen LogP contribution in [0.4, 0.5) is 21.5 Å². The average molecular weight is 381 g/mol. The fourth-order valence-electron chi connectivity index (χ4n) is 2.62. The highest BCUT2D eigenvalue weighted by molar-refractivity contribution is 6.06. The van der Waals surface area contributed by atoms with Crippen molar-refractivity contribution in [1.82, 2.24) is 4.57 Å². The van der Waals surface area contributed by atoms with Crippen LogP contribution in [0, 0.1) is 5.82 Å². The van der Waals surface area contributed by atoms with Gasteiger partial charge in [-0.05, 0) is 37.3 Å². The number of amides is 1. The normalized spacial score (nSPS) is 10.4. The molecule has 0 bridgehead atoms. The van der Waals surface area contributed by atoms with Crippen molar-refractivity contribution in [3.63, 3.8) is 0 Å². The van der Waals surface area contributed by atoms with Gasteiger partial charge in [0.1, 0.15) is 11.6 Å². The summed E-state index contributed by atoms with van der Waals surface area (Å²) < 4.78 is 20.9. The van der Waals surface area contributed by atoms with Crippen molar-refractivity contribution in [2.75, 3.05) is 17.2 Å². The van der Waals surface area contributed by atoms with Gasteiger partial charge in [0.25, 0.3) is 5.91 Å². The van der Waals surface area contributed by atoms with E-state index in [1.165, 1.54) is 29.0 Å². The molecule has 0 fully saturated rings. The Morgan fingerprint density at radius 3 is 2.57 bits per heavy atom. The number of benzene rings is 2. The Hall–Kier alpha value is -3.61. The van der Waals surface area contributed by atoms with Crippen molar-refractivity contribution in [3.05, 3.63) is 82.5 Å². The number of rotatable bonds is 6. The van der Waals surface area contributed by atoms with Crippen molar-refractivity contribution in [3.8, 4) is 5.75 Å². The summed E-state index contributed by atoms with van der Waals surface area (Å²) in [7, 11) is 1.57. The molecule has 2 aromatic carbocycles. The highest BCUT2D eigenvalue weighted by atomic mass is 19.1. The molecule has 6 nitrogen and oxygen atoms in total. The Balaban J connectivity index is 1.92. The number of aryl methyl sites for hydroxylation is 1. The van der Waals surface area contributed by atoms with E-state index in [4.69, 9.17) is 4.74 Å². The maximum atomic E-state index is 14.1. The van der Waals surface area contributed by atoms with Crippen LogP contribution in [0.3, 0.4) is 0 Å². The van der Waals surface area contributed by atoms with Crippen molar-refractivity contribution >= 4 is 23.0 Å². The molecule has 0 unspecified atom stereocenters. The van der Waals surface area contributed by atoms with Gasteiger partial charge in [0, 0.05) is 25.4 Å². The number of halogens is 1. The van der Waals surface area contributed by atoms with Crippen LogP contribution in [0.1, 0.15) is 17.3 Å². The summed E-state index contributed by atoms with van der Waals surface area (Å²) >= 11 is 0. The van der Waals surface area contributed by atoms with Gasteiger partial charge in [0.05, 0.1) is 29.2 Å². The molecule has 0 atom stereocenters. The first-order valence-corrected chi connectivity index (χ1v) is 8.74. The lowest BCUT2D eigenvalue weighted by atomic mass is 10.2. The summed E-state index contributed by atoms with van der Waals surface area (Å²) in [6, 6.07) is 14.1. The van der Waals surface area contributed by atoms with Crippen LogP contribution in [0.25, 0.3) is 0 Å². The number of ether oxygens (including phenoxy) is 1. The molecule has 0 saturated carbocycles. The summed E-state index contributed by atoms with van der Waals surface area (Å²) in [4.78, 5) is 24.1. The van der Waals surface area contributed by atoms with Crippen LogP contribution in [0.15, 0.2) is 65.6 Å². The van der Waals surface area contributed by atoms with Gasteiger partial charge in [-0.25, -0.2) is 4.39 Å². The fourth-order valence-corrected chi connectivity index (χ4v) is 2.62.